The second-order valence-electron chi connectivity index (χ2n) is 6.80. The number of nitro benzene ring substituents is 1. The van der Waals surface area contributed by atoms with Crippen LogP contribution >= 0.6 is 0 Å². The van der Waals surface area contributed by atoms with Crippen LogP contribution in [0.15, 0.2) is 23.1 Å². The van der Waals surface area contributed by atoms with Gasteiger partial charge in [0.1, 0.15) is 5.69 Å². The molecule has 3 saturated carbocycles. The Morgan fingerprint density at radius 1 is 1.22 bits per heavy atom. The summed E-state index contributed by atoms with van der Waals surface area (Å²) >= 11 is 0. The molecule has 124 valence electrons. The van der Waals surface area contributed by atoms with E-state index in [4.69, 9.17) is 0 Å². The van der Waals surface area contributed by atoms with Crippen molar-refractivity contribution in [1.29, 1.82) is 0 Å². The van der Waals surface area contributed by atoms with Crippen LogP contribution in [0.2, 0.25) is 0 Å². The Morgan fingerprint density at radius 3 is 2.43 bits per heavy atom. The van der Waals surface area contributed by atoms with Gasteiger partial charge >= 0.3 is 0 Å². The number of nitrogens with zero attached hydrogens (tertiary/aromatic N) is 1. The molecule has 1 aromatic carbocycles. The standard InChI is InChI=1S/C15H19N3O4S/c1-16-23(21,22)10-4-5-11(12(7-10)18(19)20)17-15-13-8-2-3-9(6-8)14(13)15/h4-5,7-9,13-17H,2-3,6H2,1H3. The number of anilines is 1. The van der Waals surface area contributed by atoms with Gasteiger partial charge in [-0.2, -0.15) is 0 Å². The second kappa shape index (κ2) is 4.91. The van der Waals surface area contributed by atoms with Crippen molar-refractivity contribution in [1.82, 2.24) is 4.72 Å². The molecule has 4 unspecified atom stereocenters. The molecule has 3 fully saturated rings. The second-order valence-corrected chi connectivity index (χ2v) is 8.69. The van der Waals surface area contributed by atoms with Gasteiger partial charge in [0.15, 0.2) is 0 Å². The molecule has 8 heteroatoms. The highest BCUT2D eigenvalue weighted by Gasteiger charge is 2.65. The Bertz CT molecular complexity index is 763. The first-order chi connectivity index (χ1) is 10.9. The van der Waals surface area contributed by atoms with Gasteiger partial charge in [-0.05, 0) is 62.1 Å². The lowest BCUT2D eigenvalue weighted by Gasteiger charge is -2.12. The summed E-state index contributed by atoms with van der Waals surface area (Å²) in [6.45, 7) is 0. The van der Waals surface area contributed by atoms with Crippen molar-refractivity contribution in [3.05, 3.63) is 28.3 Å². The van der Waals surface area contributed by atoms with Crippen molar-refractivity contribution in [3.63, 3.8) is 0 Å². The maximum absolute atomic E-state index is 11.8. The summed E-state index contributed by atoms with van der Waals surface area (Å²) in [5, 5.41) is 14.6. The van der Waals surface area contributed by atoms with E-state index >= 15 is 0 Å². The molecule has 0 heterocycles. The van der Waals surface area contributed by atoms with Gasteiger partial charge in [0.25, 0.3) is 5.69 Å². The van der Waals surface area contributed by atoms with E-state index in [2.05, 4.69) is 10.0 Å². The number of nitrogens with one attached hydrogen (secondary N) is 2. The monoisotopic (exact) mass is 337 g/mol. The van der Waals surface area contributed by atoms with Crippen molar-refractivity contribution >= 4 is 21.4 Å². The molecule has 23 heavy (non-hydrogen) atoms. The summed E-state index contributed by atoms with van der Waals surface area (Å²) in [5.41, 5.74) is 0.238. The van der Waals surface area contributed by atoms with E-state index < -0.39 is 14.9 Å². The third kappa shape index (κ3) is 2.23. The van der Waals surface area contributed by atoms with Crippen LogP contribution in [0.5, 0.6) is 0 Å². The summed E-state index contributed by atoms with van der Waals surface area (Å²) < 4.78 is 25.8. The fraction of sp³-hybridized carbons (Fsp3) is 0.600. The van der Waals surface area contributed by atoms with Gasteiger partial charge in [-0.15, -0.1) is 0 Å². The maximum Gasteiger partial charge on any atom is 0.293 e. The molecule has 7 nitrogen and oxygen atoms in total. The summed E-state index contributed by atoms with van der Waals surface area (Å²) in [5.74, 6) is 2.83. The predicted molar refractivity (Wildman–Crippen MR) is 84.6 cm³/mol. The molecule has 0 spiro atoms. The van der Waals surface area contributed by atoms with Crippen LogP contribution in [0, 0.1) is 33.8 Å². The van der Waals surface area contributed by atoms with Crippen molar-refractivity contribution in [2.45, 2.75) is 30.2 Å². The molecule has 3 aliphatic carbocycles. The molecule has 0 saturated heterocycles. The fourth-order valence-electron chi connectivity index (χ4n) is 4.77. The third-order valence-electron chi connectivity index (χ3n) is 5.80. The molecule has 2 bridgehead atoms. The molecule has 4 atom stereocenters. The molecular formula is C15H19N3O4S. The zero-order chi connectivity index (χ0) is 16.4. The highest BCUT2D eigenvalue weighted by atomic mass is 32.2. The minimum Gasteiger partial charge on any atom is -0.376 e. The van der Waals surface area contributed by atoms with Crippen LogP contribution in [0.3, 0.4) is 0 Å². The first-order valence-corrected chi connectivity index (χ1v) is 9.39. The number of nitro groups is 1. The van der Waals surface area contributed by atoms with Crippen LogP contribution in [0.25, 0.3) is 0 Å². The Balaban J connectivity index is 1.61. The van der Waals surface area contributed by atoms with E-state index in [0.29, 0.717) is 23.6 Å². The highest BCUT2D eigenvalue weighted by molar-refractivity contribution is 7.89. The quantitative estimate of drug-likeness (QED) is 0.632. The molecule has 4 rings (SSSR count). The molecule has 0 aromatic heterocycles. The van der Waals surface area contributed by atoms with E-state index in [1.807, 2.05) is 0 Å². The summed E-state index contributed by atoms with van der Waals surface area (Å²) in [6, 6.07) is 4.36. The fourth-order valence-corrected chi connectivity index (χ4v) is 5.52. The van der Waals surface area contributed by atoms with Crippen LogP contribution in [-0.2, 0) is 10.0 Å². The summed E-state index contributed by atoms with van der Waals surface area (Å²) in [4.78, 5) is 10.7. The van der Waals surface area contributed by atoms with E-state index in [1.165, 1.54) is 38.4 Å². The highest BCUT2D eigenvalue weighted by Crippen LogP contribution is 2.66. The van der Waals surface area contributed by atoms with E-state index in [1.54, 1.807) is 0 Å². The molecule has 0 radical (unpaired) electrons. The lowest BCUT2D eigenvalue weighted by molar-refractivity contribution is -0.384. The topological polar surface area (TPSA) is 101 Å². The zero-order valence-corrected chi connectivity index (χ0v) is 13.5. The SMILES string of the molecule is CNS(=O)(=O)c1ccc(NC2C3C4CCC(C4)C23)c([N+](=O)[O-])c1. The zero-order valence-electron chi connectivity index (χ0n) is 12.7. The van der Waals surface area contributed by atoms with Gasteiger partial charge in [0.2, 0.25) is 10.0 Å². The lowest BCUT2D eigenvalue weighted by Crippen LogP contribution is -2.19. The Kier molecular flexibility index (Phi) is 3.18. The number of rotatable bonds is 5. The number of hydrogen-bond acceptors (Lipinski definition) is 5. The van der Waals surface area contributed by atoms with Crippen molar-refractivity contribution < 1.29 is 13.3 Å². The maximum atomic E-state index is 11.8. The lowest BCUT2D eigenvalue weighted by atomic mass is 10.0. The van der Waals surface area contributed by atoms with Crippen molar-refractivity contribution in [2.24, 2.45) is 23.7 Å². The first kappa shape index (κ1) is 14.9. The van der Waals surface area contributed by atoms with Crippen LogP contribution < -0.4 is 10.0 Å². The number of benzene rings is 1. The van der Waals surface area contributed by atoms with Crippen LogP contribution in [0.4, 0.5) is 11.4 Å². The normalized spacial score (nSPS) is 34.2. The van der Waals surface area contributed by atoms with Gasteiger partial charge in [-0.3, -0.25) is 10.1 Å². The summed E-state index contributed by atoms with van der Waals surface area (Å²) in [6.07, 6.45) is 3.88. The Labute approximate surface area is 134 Å². The molecular weight excluding hydrogens is 318 g/mol. The average molecular weight is 337 g/mol. The van der Waals surface area contributed by atoms with Crippen molar-refractivity contribution in [2.75, 3.05) is 12.4 Å². The Hall–Kier alpha value is -1.67. The largest absolute Gasteiger partial charge is 0.376 e. The van der Waals surface area contributed by atoms with Gasteiger partial charge in [0, 0.05) is 12.1 Å². The molecule has 2 N–H and O–H groups in total. The van der Waals surface area contributed by atoms with Gasteiger partial charge < -0.3 is 5.32 Å². The van der Waals surface area contributed by atoms with Crippen LogP contribution in [0.1, 0.15) is 19.3 Å². The van der Waals surface area contributed by atoms with E-state index in [9.17, 15) is 18.5 Å². The third-order valence-corrected chi connectivity index (χ3v) is 7.21. The summed E-state index contributed by atoms with van der Waals surface area (Å²) in [7, 11) is -2.40. The smallest absolute Gasteiger partial charge is 0.293 e. The van der Waals surface area contributed by atoms with Gasteiger partial charge in [0.05, 0.1) is 9.82 Å². The molecule has 1 aromatic rings. The van der Waals surface area contributed by atoms with E-state index in [0.717, 1.165) is 17.9 Å². The van der Waals surface area contributed by atoms with Crippen molar-refractivity contribution in [3.8, 4) is 0 Å². The average Bonchev–Trinajstić information content (AvgIpc) is 2.92. The first-order valence-electron chi connectivity index (χ1n) is 7.91. The van der Waals surface area contributed by atoms with Gasteiger partial charge in [-0.1, -0.05) is 0 Å². The molecule has 0 amide bonds. The number of hydrogen-bond donors (Lipinski definition) is 2. The minimum atomic E-state index is -3.69. The number of fused-ring (bicyclic) bond motifs is 5. The Morgan fingerprint density at radius 2 is 1.87 bits per heavy atom. The predicted octanol–water partition coefficient (Wildman–Crippen LogP) is 1.96. The van der Waals surface area contributed by atoms with Crippen LogP contribution in [-0.4, -0.2) is 26.4 Å². The van der Waals surface area contributed by atoms with Gasteiger partial charge in [-0.25, -0.2) is 13.1 Å². The molecule has 3 aliphatic rings. The minimum absolute atomic E-state index is 0.0895. The van der Waals surface area contributed by atoms with E-state index in [-0.39, 0.29) is 10.6 Å². The number of sulfonamides is 1. The molecule has 0 aliphatic heterocycles.